The molecule has 0 aromatic heterocycles. The molecule has 1 saturated heterocycles. The van der Waals surface area contributed by atoms with Crippen molar-refractivity contribution >= 4 is 5.97 Å². The van der Waals surface area contributed by atoms with Gasteiger partial charge in [-0.05, 0) is 49.3 Å². The van der Waals surface area contributed by atoms with Crippen LogP contribution in [-0.2, 0) is 11.2 Å². The van der Waals surface area contributed by atoms with Crippen molar-refractivity contribution in [1.82, 2.24) is 4.90 Å². The van der Waals surface area contributed by atoms with Gasteiger partial charge in [0.2, 0.25) is 0 Å². The second-order valence-corrected chi connectivity index (χ2v) is 6.38. The van der Waals surface area contributed by atoms with Crippen LogP contribution in [0.2, 0.25) is 0 Å². The molecule has 1 unspecified atom stereocenters. The second-order valence-electron chi connectivity index (χ2n) is 6.38. The Hall–Kier alpha value is -1.55. The topological polar surface area (TPSA) is 49.8 Å². The molecule has 1 aromatic carbocycles. The van der Waals surface area contributed by atoms with Crippen molar-refractivity contribution in [2.24, 2.45) is 17.8 Å². The standard InChI is InChI=1S/C17H23NO3/c1-11(3-4-12-5-7-13(21-2)8-6-12)18-9-14-15(10-18)16(14)17(19)20/h5-8,11,14-16H,3-4,9-10H2,1-2H3,(H,19,20)/t11-,14-,15+,16?/m0/s1. The lowest BCUT2D eigenvalue weighted by molar-refractivity contribution is -0.139. The lowest BCUT2D eigenvalue weighted by atomic mass is 10.0. The van der Waals surface area contributed by atoms with E-state index in [-0.39, 0.29) is 5.92 Å². The third-order valence-electron chi connectivity index (χ3n) is 5.14. The number of carboxylic acid groups (broad SMARTS) is 1. The predicted molar refractivity (Wildman–Crippen MR) is 80.5 cm³/mol. The summed E-state index contributed by atoms with van der Waals surface area (Å²) in [6.07, 6.45) is 2.17. The molecule has 4 heteroatoms. The van der Waals surface area contributed by atoms with Crippen LogP contribution < -0.4 is 4.74 Å². The summed E-state index contributed by atoms with van der Waals surface area (Å²) in [5.74, 6) is 1.05. The SMILES string of the molecule is COc1ccc(CC[C@H](C)N2C[C@@H]3C(C(=O)O)[C@@H]3C2)cc1. The zero-order valence-corrected chi connectivity index (χ0v) is 12.7. The van der Waals surface area contributed by atoms with E-state index in [0.717, 1.165) is 31.7 Å². The van der Waals surface area contributed by atoms with Gasteiger partial charge in [-0.2, -0.15) is 0 Å². The molecule has 2 aliphatic rings. The van der Waals surface area contributed by atoms with Gasteiger partial charge in [0, 0.05) is 19.1 Å². The largest absolute Gasteiger partial charge is 0.497 e. The van der Waals surface area contributed by atoms with Crippen molar-refractivity contribution < 1.29 is 14.6 Å². The van der Waals surface area contributed by atoms with Crippen molar-refractivity contribution in [3.05, 3.63) is 29.8 Å². The van der Waals surface area contributed by atoms with Crippen LogP contribution in [0, 0.1) is 17.8 Å². The van der Waals surface area contributed by atoms with Crippen LogP contribution in [0.15, 0.2) is 24.3 Å². The number of hydrogen-bond acceptors (Lipinski definition) is 3. The number of nitrogens with zero attached hydrogens (tertiary/aromatic N) is 1. The van der Waals surface area contributed by atoms with Gasteiger partial charge >= 0.3 is 5.97 Å². The van der Waals surface area contributed by atoms with E-state index in [9.17, 15) is 4.79 Å². The highest BCUT2D eigenvalue weighted by Crippen LogP contribution is 2.52. The summed E-state index contributed by atoms with van der Waals surface area (Å²) >= 11 is 0. The fourth-order valence-corrected chi connectivity index (χ4v) is 3.64. The lowest BCUT2D eigenvalue weighted by Crippen LogP contribution is -2.34. The molecule has 21 heavy (non-hydrogen) atoms. The van der Waals surface area contributed by atoms with Crippen molar-refractivity contribution in [2.75, 3.05) is 20.2 Å². The van der Waals surface area contributed by atoms with Crippen LogP contribution in [0.25, 0.3) is 0 Å². The van der Waals surface area contributed by atoms with E-state index in [2.05, 4.69) is 24.0 Å². The number of aliphatic carboxylic acids is 1. The summed E-state index contributed by atoms with van der Waals surface area (Å²) in [6.45, 7) is 4.18. The van der Waals surface area contributed by atoms with Crippen LogP contribution in [0.1, 0.15) is 18.9 Å². The fourth-order valence-electron chi connectivity index (χ4n) is 3.64. The van der Waals surface area contributed by atoms with Crippen LogP contribution in [0.4, 0.5) is 0 Å². The summed E-state index contributed by atoms with van der Waals surface area (Å²) in [5.41, 5.74) is 1.33. The third-order valence-corrected chi connectivity index (χ3v) is 5.14. The molecule has 1 heterocycles. The molecular weight excluding hydrogens is 266 g/mol. The van der Waals surface area contributed by atoms with Crippen molar-refractivity contribution in [3.8, 4) is 5.75 Å². The third kappa shape index (κ3) is 2.91. The van der Waals surface area contributed by atoms with Crippen molar-refractivity contribution in [3.63, 3.8) is 0 Å². The first-order valence-electron chi connectivity index (χ1n) is 7.70. The Morgan fingerprint density at radius 2 is 1.95 bits per heavy atom. The maximum absolute atomic E-state index is 11.0. The molecule has 114 valence electrons. The molecule has 4 nitrogen and oxygen atoms in total. The van der Waals surface area contributed by atoms with Crippen LogP contribution in [0.3, 0.4) is 0 Å². The predicted octanol–water partition coefficient (Wildman–Crippen LogP) is 2.28. The van der Waals surface area contributed by atoms with Gasteiger partial charge < -0.3 is 14.7 Å². The van der Waals surface area contributed by atoms with Gasteiger partial charge in [0.05, 0.1) is 13.0 Å². The Kier molecular flexibility index (Phi) is 3.89. The monoisotopic (exact) mass is 289 g/mol. The molecule has 1 aliphatic carbocycles. The first-order valence-corrected chi connectivity index (χ1v) is 7.70. The van der Waals surface area contributed by atoms with Crippen molar-refractivity contribution in [2.45, 2.75) is 25.8 Å². The number of benzene rings is 1. The van der Waals surface area contributed by atoms with E-state index in [1.165, 1.54) is 5.56 Å². The first-order chi connectivity index (χ1) is 10.1. The second kappa shape index (κ2) is 5.68. The maximum atomic E-state index is 11.0. The average molecular weight is 289 g/mol. The smallest absolute Gasteiger partial charge is 0.307 e. The van der Waals surface area contributed by atoms with E-state index < -0.39 is 5.97 Å². The Balaban J connectivity index is 1.45. The van der Waals surface area contributed by atoms with Crippen LogP contribution in [0.5, 0.6) is 5.75 Å². The molecule has 0 radical (unpaired) electrons. The van der Waals surface area contributed by atoms with Gasteiger partial charge in [-0.25, -0.2) is 0 Å². The van der Waals surface area contributed by atoms with E-state index in [4.69, 9.17) is 9.84 Å². The summed E-state index contributed by atoms with van der Waals surface area (Å²) in [4.78, 5) is 13.4. The minimum Gasteiger partial charge on any atom is -0.497 e. The highest BCUT2D eigenvalue weighted by Gasteiger charge is 2.59. The van der Waals surface area contributed by atoms with Crippen molar-refractivity contribution in [1.29, 1.82) is 0 Å². The molecule has 1 aliphatic heterocycles. The molecule has 1 saturated carbocycles. The van der Waals surface area contributed by atoms with E-state index in [1.807, 2.05) is 12.1 Å². The van der Waals surface area contributed by atoms with E-state index in [0.29, 0.717) is 17.9 Å². The molecule has 0 amide bonds. The highest BCUT2D eigenvalue weighted by molar-refractivity contribution is 5.74. The Bertz CT molecular complexity index is 501. The Labute approximate surface area is 125 Å². The summed E-state index contributed by atoms with van der Waals surface area (Å²) in [7, 11) is 1.68. The Morgan fingerprint density at radius 1 is 1.33 bits per heavy atom. The molecule has 1 aromatic rings. The number of likely N-dealkylation sites (tertiary alicyclic amines) is 1. The van der Waals surface area contributed by atoms with Gasteiger partial charge in [0.25, 0.3) is 0 Å². The van der Waals surface area contributed by atoms with Gasteiger partial charge in [-0.1, -0.05) is 12.1 Å². The molecule has 4 atom stereocenters. The van der Waals surface area contributed by atoms with Crippen LogP contribution in [-0.4, -0.2) is 42.2 Å². The molecular formula is C17H23NO3. The fraction of sp³-hybridized carbons (Fsp3) is 0.588. The lowest BCUT2D eigenvalue weighted by Gasteiger charge is -2.26. The van der Waals surface area contributed by atoms with Gasteiger partial charge in [-0.3, -0.25) is 4.79 Å². The normalized spacial score (nSPS) is 29.0. The highest BCUT2D eigenvalue weighted by atomic mass is 16.5. The number of rotatable bonds is 6. The first kappa shape index (κ1) is 14.4. The summed E-state index contributed by atoms with van der Waals surface area (Å²) in [5, 5.41) is 9.05. The zero-order valence-electron chi connectivity index (χ0n) is 12.7. The van der Waals surface area contributed by atoms with E-state index >= 15 is 0 Å². The van der Waals surface area contributed by atoms with Gasteiger partial charge in [-0.15, -0.1) is 0 Å². The number of fused-ring (bicyclic) bond motifs is 1. The summed E-state index contributed by atoms with van der Waals surface area (Å²) < 4.78 is 5.17. The van der Waals surface area contributed by atoms with Gasteiger partial charge in [0.1, 0.15) is 5.75 Å². The number of carbonyl (C=O) groups is 1. The van der Waals surface area contributed by atoms with Crippen LogP contribution >= 0.6 is 0 Å². The average Bonchev–Trinajstić information content (AvgIpc) is 3.01. The molecule has 1 N–H and O–H groups in total. The van der Waals surface area contributed by atoms with Gasteiger partial charge in [0.15, 0.2) is 0 Å². The zero-order chi connectivity index (χ0) is 15.0. The maximum Gasteiger partial charge on any atom is 0.307 e. The molecule has 3 rings (SSSR count). The number of piperidine rings is 1. The van der Waals surface area contributed by atoms with E-state index in [1.54, 1.807) is 7.11 Å². The molecule has 0 bridgehead atoms. The summed E-state index contributed by atoms with van der Waals surface area (Å²) in [6, 6.07) is 8.76. The number of methoxy groups -OCH3 is 1. The minimum absolute atomic E-state index is 0.0601. The number of carboxylic acids is 1. The molecule has 0 spiro atoms. The minimum atomic E-state index is -0.601. The number of ether oxygens (including phenoxy) is 1. The number of hydrogen-bond donors (Lipinski definition) is 1. The number of aryl methyl sites for hydroxylation is 1. The quantitative estimate of drug-likeness (QED) is 0.873. The Morgan fingerprint density at radius 3 is 2.48 bits per heavy atom. The molecule has 2 fully saturated rings.